The number of pyridine rings is 1. The van der Waals surface area contributed by atoms with Crippen LogP contribution >= 0.6 is 0 Å². The van der Waals surface area contributed by atoms with Gasteiger partial charge in [0, 0.05) is 25.3 Å². The minimum absolute atomic E-state index is 0.0225. The Morgan fingerprint density at radius 3 is 2.46 bits per heavy atom. The number of nitrogens with one attached hydrogen (secondary N) is 2. The number of carbonyl (C=O) groups is 1. The predicted molar refractivity (Wildman–Crippen MR) is 146 cm³/mol. The van der Waals surface area contributed by atoms with Gasteiger partial charge in [-0.1, -0.05) is 18.9 Å². The van der Waals surface area contributed by atoms with E-state index in [1.807, 2.05) is 12.1 Å². The van der Waals surface area contributed by atoms with Crippen molar-refractivity contribution in [1.82, 2.24) is 4.98 Å². The highest BCUT2D eigenvalue weighted by Gasteiger charge is 2.44. The van der Waals surface area contributed by atoms with Crippen molar-refractivity contribution in [2.75, 3.05) is 35.2 Å². The van der Waals surface area contributed by atoms with Crippen LogP contribution in [0.2, 0.25) is 0 Å². The van der Waals surface area contributed by atoms with Crippen molar-refractivity contribution in [3.05, 3.63) is 42.0 Å². The molecular weight excluding hydrogens is 488 g/mol. The van der Waals surface area contributed by atoms with Crippen molar-refractivity contribution >= 4 is 32.9 Å². The lowest BCUT2D eigenvalue weighted by Crippen LogP contribution is -2.36. The molecule has 1 aliphatic heterocycles. The van der Waals surface area contributed by atoms with Gasteiger partial charge in [-0.25, -0.2) is 13.4 Å². The van der Waals surface area contributed by atoms with Crippen molar-refractivity contribution in [2.45, 2.75) is 81.1 Å². The number of aromatic nitrogens is 1. The zero-order valence-corrected chi connectivity index (χ0v) is 22.6. The average molecular weight is 527 g/mol. The van der Waals surface area contributed by atoms with E-state index in [1.54, 1.807) is 32.0 Å². The molecule has 2 aromatic rings. The molecule has 2 heterocycles. The second kappa shape index (κ2) is 9.91. The quantitative estimate of drug-likeness (QED) is 0.460. The van der Waals surface area contributed by atoms with E-state index in [4.69, 9.17) is 0 Å². The van der Waals surface area contributed by atoms with Gasteiger partial charge in [-0.2, -0.15) is 0 Å². The zero-order valence-electron chi connectivity index (χ0n) is 21.8. The first-order valence-electron chi connectivity index (χ1n) is 13.4. The van der Waals surface area contributed by atoms with E-state index in [1.165, 1.54) is 18.9 Å². The minimum Gasteiger partial charge on any atom is -0.389 e. The predicted octanol–water partition coefficient (Wildman–Crippen LogP) is 4.61. The fourth-order valence-electron chi connectivity index (χ4n) is 5.51. The van der Waals surface area contributed by atoms with E-state index in [-0.39, 0.29) is 16.8 Å². The number of aliphatic hydroxyl groups is 1. The Morgan fingerprint density at radius 1 is 1.11 bits per heavy atom. The van der Waals surface area contributed by atoms with Gasteiger partial charge in [-0.3, -0.25) is 4.79 Å². The lowest BCUT2D eigenvalue weighted by atomic mass is 9.93. The smallest absolute Gasteiger partial charge is 0.258 e. The maximum absolute atomic E-state index is 13.5. The molecule has 1 aromatic heterocycles. The van der Waals surface area contributed by atoms with Crippen LogP contribution in [0.4, 0.5) is 17.2 Å². The number of nitrogens with zero attached hydrogens (tertiary/aromatic N) is 2. The van der Waals surface area contributed by atoms with E-state index < -0.39 is 20.7 Å². The van der Waals surface area contributed by atoms with Gasteiger partial charge in [0.25, 0.3) is 5.91 Å². The van der Waals surface area contributed by atoms with Crippen LogP contribution in [-0.2, 0) is 9.84 Å². The number of amides is 1. The van der Waals surface area contributed by atoms with Gasteiger partial charge < -0.3 is 20.6 Å². The molecule has 200 valence electrons. The Hall–Kier alpha value is -2.65. The first kappa shape index (κ1) is 26.0. The second-order valence-electron chi connectivity index (χ2n) is 11.7. The number of hydrogen-bond donors (Lipinski definition) is 3. The second-order valence-corrected chi connectivity index (χ2v) is 13.8. The Kier molecular flexibility index (Phi) is 6.96. The SMILES string of the molecule is CC(C)(O)CNc1ccc(C(=O)Nc2cccc(S(=O)(=O)C3CCCC3)n2)c(N2CCC3(CC2)CC3)c1. The molecule has 8 nitrogen and oxygen atoms in total. The van der Waals surface area contributed by atoms with Crippen LogP contribution < -0.4 is 15.5 Å². The van der Waals surface area contributed by atoms with Crippen molar-refractivity contribution in [1.29, 1.82) is 0 Å². The number of anilines is 3. The molecule has 1 aromatic carbocycles. The van der Waals surface area contributed by atoms with Crippen LogP contribution in [-0.4, -0.2) is 54.9 Å². The van der Waals surface area contributed by atoms with Gasteiger partial charge in [0.2, 0.25) is 0 Å². The molecule has 0 atom stereocenters. The maximum atomic E-state index is 13.5. The summed E-state index contributed by atoms with van der Waals surface area (Å²) in [6.45, 7) is 5.66. The van der Waals surface area contributed by atoms with Gasteiger partial charge in [0.15, 0.2) is 14.9 Å². The van der Waals surface area contributed by atoms with Crippen LogP contribution in [0, 0.1) is 5.41 Å². The van der Waals surface area contributed by atoms with E-state index >= 15 is 0 Å². The standard InChI is InChI=1S/C28H38N4O4S/c1-27(2,34)19-29-20-10-11-22(23(18-20)32-16-14-28(12-13-28)15-17-32)26(33)31-24-8-5-9-25(30-24)37(35,36)21-6-3-4-7-21/h5,8-11,18,21,29,34H,3-4,6-7,12-17,19H2,1-2H3,(H,30,31,33). The Bertz CT molecular complexity index is 1250. The Labute approximate surface area is 219 Å². The molecule has 5 rings (SSSR count). The summed E-state index contributed by atoms with van der Waals surface area (Å²) in [5.74, 6) is -0.0894. The Morgan fingerprint density at radius 2 is 1.81 bits per heavy atom. The summed E-state index contributed by atoms with van der Waals surface area (Å²) in [5, 5.41) is 15.9. The van der Waals surface area contributed by atoms with Gasteiger partial charge >= 0.3 is 0 Å². The van der Waals surface area contributed by atoms with Crippen LogP contribution in [0.1, 0.15) is 75.6 Å². The van der Waals surface area contributed by atoms with Crippen molar-refractivity contribution in [2.24, 2.45) is 5.41 Å². The molecule has 2 saturated carbocycles. The lowest BCUT2D eigenvalue weighted by Gasteiger charge is -2.35. The first-order chi connectivity index (χ1) is 17.5. The number of rotatable bonds is 8. The largest absolute Gasteiger partial charge is 0.389 e. The van der Waals surface area contributed by atoms with Crippen molar-refractivity contribution in [3.63, 3.8) is 0 Å². The van der Waals surface area contributed by atoms with Gasteiger partial charge in [0.05, 0.1) is 22.1 Å². The number of hydrogen-bond acceptors (Lipinski definition) is 7. The third-order valence-corrected chi connectivity index (χ3v) is 10.2. The van der Waals surface area contributed by atoms with Crippen LogP contribution in [0.5, 0.6) is 0 Å². The third-order valence-electron chi connectivity index (χ3n) is 8.09. The molecule has 1 amide bonds. The summed E-state index contributed by atoms with van der Waals surface area (Å²) in [4.78, 5) is 20.1. The first-order valence-corrected chi connectivity index (χ1v) is 15.0. The molecule has 9 heteroatoms. The van der Waals surface area contributed by atoms with E-state index in [2.05, 4.69) is 20.5 Å². The normalized spacial score (nSPS) is 19.7. The zero-order chi connectivity index (χ0) is 26.3. The molecule has 1 saturated heterocycles. The number of benzene rings is 1. The maximum Gasteiger partial charge on any atom is 0.258 e. The van der Waals surface area contributed by atoms with E-state index in [0.29, 0.717) is 30.4 Å². The molecule has 37 heavy (non-hydrogen) atoms. The number of sulfone groups is 1. The fourth-order valence-corrected chi connectivity index (χ4v) is 7.30. The van der Waals surface area contributed by atoms with Gasteiger partial charge in [-0.05, 0) is 88.1 Å². The van der Waals surface area contributed by atoms with E-state index in [0.717, 1.165) is 50.1 Å². The van der Waals surface area contributed by atoms with Crippen LogP contribution in [0.25, 0.3) is 0 Å². The van der Waals surface area contributed by atoms with E-state index in [9.17, 15) is 18.3 Å². The summed E-state index contributed by atoms with van der Waals surface area (Å²) in [6.07, 6.45) is 8.00. The summed E-state index contributed by atoms with van der Waals surface area (Å²) < 4.78 is 26.0. The van der Waals surface area contributed by atoms with Crippen LogP contribution in [0.15, 0.2) is 41.4 Å². The molecule has 0 radical (unpaired) electrons. The highest BCUT2D eigenvalue weighted by molar-refractivity contribution is 7.92. The molecule has 3 N–H and O–H groups in total. The average Bonchev–Trinajstić information content (AvgIpc) is 3.37. The van der Waals surface area contributed by atoms with Crippen molar-refractivity contribution < 1.29 is 18.3 Å². The monoisotopic (exact) mass is 526 g/mol. The lowest BCUT2D eigenvalue weighted by molar-refractivity contribution is 0.0944. The summed E-state index contributed by atoms with van der Waals surface area (Å²) in [7, 11) is -3.52. The molecule has 2 aliphatic carbocycles. The molecule has 3 fully saturated rings. The fraction of sp³-hybridized carbons (Fsp3) is 0.571. The Balaban J connectivity index is 1.38. The van der Waals surface area contributed by atoms with Crippen LogP contribution in [0.3, 0.4) is 0 Å². The highest BCUT2D eigenvalue weighted by Crippen LogP contribution is 2.54. The van der Waals surface area contributed by atoms with Crippen molar-refractivity contribution in [3.8, 4) is 0 Å². The molecular formula is C28H38N4O4S. The summed E-state index contributed by atoms with van der Waals surface area (Å²) >= 11 is 0. The highest BCUT2D eigenvalue weighted by atomic mass is 32.2. The minimum atomic E-state index is -3.52. The topological polar surface area (TPSA) is 112 Å². The molecule has 0 unspecified atom stereocenters. The number of carbonyl (C=O) groups excluding carboxylic acids is 1. The summed E-state index contributed by atoms with van der Waals surface area (Å²) in [5.41, 5.74) is 1.83. The number of piperidine rings is 1. The molecule has 0 bridgehead atoms. The van der Waals surface area contributed by atoms with Gasteiger partial charge in [-0.15, -0.1) is 0 Å². The summed E-state index contributed by atoms with van der Waals surface area (Å²) in [6, 6.07) is 10.4. The van der Waals surface area contributed by atoms with Gasteiger partial charge in [0.1, 0.15) is 5.82 Å². The third kappa shape index (κ3) is 5.93. The molecule has 1 spiro atoms. The molecule has 3 aliphatic rings.